The van der Waals surface area contributed by atoms with Crippen molar-refractivity contribution in [2.24, 2.45) is 0 Å². The van der Waals surface area contributed by atoms with E-state index in [0.717, 1.165) is 30.2 Å². The van der Waals surface area contributed by atoms with Gasteiger partial charge in [-0.05, 0) is 30.7 Å². The first-order valence-electron chi connectivity index (χ1n) is 5.18. The summed E-state index contributed by atoms with van der Waals surface area (Å²) in [6.07, 6.45) is 3.70. The van der Waals surface area contributed by atoms with Crippen molar-refractivity contribution in [3.8, 4) is 0 Å². The normalized spacial score (nSPS) is 10.2. The molecule has 1 aromatic heterocycles. The lowest BCUT2D eigenvalue weighted by molar-refractivity contribution is -0.121. The van der Waals surface area contributed by atoms with Gasteiger partial charge in [0, 0.05) is 22.3 Å². The Bertz CT molecular complexity index is 274. The molecule has 84 valence electrons. The van der Waals surface area contributed by atoms with Crippen LogP contribution in [0.5, 0.6) is 0 Å². The molecule has 0 atom stereocenters. The van der Waals surface area contributed by atoms with Crippen LogP contribution in [0.3, 0.4) is 0 Å². The number of carbonyl (C=O) groups is 1. The van der Waals surface area contributed by atoms with Gasteiger partial charge in [0.2, 0.25) is 5.91 Å². The van der Waals surface area contributed by atoms with Crippen LogP contribution in [0.4, 0.5) is 0 Å². The van der Waals surface area contributed by atoms with Gasteiger partial charge >= 0.3 is 0 Å². The highest BCUT2D eigenvalue weighted by Crippen LogP contribution is 2.11. The highest BCUT2D eigenvalue weighted by Gasteiger charge is 2.00. The van der Waals surface area contributed by atoms with E-state index in [2.05, 4.69) is 45.4 Å². The van der Waals surface area contributed by atoms with Crippen LogP contribution in [0.25, 0.3) is 0 Å². The second kappa shape index (κ2) is 8.10. The summed E-state index contributed by atoms with van der Waals surface area (Å²) in [6, 6.07) is 4.18. The lowest BCUT2D eigenvalue weighted by Crippen LogP contribution is -2.24. The van der Waals surface area contributed by atoms with E-state index < -0.39 is 0 Å². The molecule has 1 amide bonds. The van der Waals surface area contributed by atoms with Crippen molar-refractivity contribution < 1.29 is 4.79 Å². The maximum Gasteiger partial charge on any atom is 0.220 e. The molecule has 0 aliphatic rings. The molecule has 2 nitrogen and oxygen atoms in total. The van der Waals surface area contributed by atoms with Gasteiger partial charge < -0.3 is 5.32 Å². The van der Waals surface area contributed by atoms with E-state index in [1.165, 1.54) is 4.88 Å². The smallest absolute Gasteiger partial charge is 0.220 e. The van der Waals surface area contributed by atoms with Crippen LogP contribution in [-0.2, 0) is 11.2 Å². The Morgan fingerprint density at radius 3 is 3.00 bits per heavy atom. The quantitative estimate of drug-likeness (QED) is 0.463. The third kappa shape index (κ3) is 6.14. The van der Waals surface area contributed by atoms with Gasteiger partial charge in [-0.1, -0.05) is 28.7 Å². The molecule has 4 heteroatoms. The van der Waals surface area contributed by atoms with Gasteiger partial charge in [0.1, 0.15) is 0 Å². The molecular formula is C11H16INOS. The number of hydrogen-bond acceptors (Lipinski definition) is 2. The summed E-state index contributed by atoms with van der Waals surface area (Å²) in [5.41, 5.74) is 0. The zero-order valence-corrected chi connectivity index (χ0v) is 11.6. The molecule has 0 unspecified atom stereocenters. The van der Waals surface area contributed by atoms with Crippen molar-refractivity contribution in [3.63, 3.8) is 0 Å². The molecule has 0 aliphatic heterocycles. The molecule has 1 rings (SSSR count). The Kier molecular flexibility index (Phi) is 7.00. The fourth-order valence-electron chi connectivity index (χ4n) is 1.26. The number of carbonyl (C=O) groups excluding carboxylic acids is 1. The van der Waals surface area contributed by atoms with Crippen molar-refractivity contribution in [2.45, 2.75) is 25.7 Å². The van der Waals surface area contributed by atoms with Gasteiger partial charge in [-0.15, -0.1) is 11.3 Å². The molecule has 1 aromatic rings. The molecule has 0 saturated carbocycles. The molecule has 0 fully saturated rings. The Labute approximate surface area is 109 Å². The molecule has 0 saturated heterocycles. The first-order valence-corrected chi connectivity index (χ1v) is 7.58. The maximum atomic E-state index is 11.3. The number of thiophene rings is 1. The number of nitrogens with one attached hydrogen (secondary N) is 1. The van der Waals surface area contributed by atoms with Gasteiger partial charge in [0.05, 0.1) is 0 Å². The molecule has 0 spiro atoms. The van der Waals surface area contributed by atoms with Crippen molar-refractivity contribution >= 4 is 39.8 Å². The summed E-state index contributed by atoms with van der Waals surface area (Å²) < 4.78 is 1.10. The van der Waals surface area contributed by atoms with Crippen molar-refractivity contribution in [2.75, 3.05) is 11.0 Å². The monoisotopic (exact) mass is 337 g/mol. The van der Waals surface area contributed by atoms with Crippen LogP contribution in [-0.4, -0.2) is 16.9 Å². The van der Waals surface area contributed by atoms with E-state index in [-0.39, 0.29) is 5.91 Å². The third-order valence-electron chi connectivity index (χ3n) is 2.04. The lowest BCUT2D eigenvalue weighted by atomic mass is 10.2. The topological polar surface area (TPSA) is 29.1 Å². The summed E-state index contributed by atoms with van der Waals surface area (Å²) in [7, 11) is 0. The fraction of sp³-hybridized carbons (Fsp3) is 0.545. The van der Waals surface area contributed by atoms with Gasteiger partial charge in [-0.2, -0.15) is 0 Å². The standard InChI is InChI=1S/C11H16INOS/c12-7-3-8-13-11(14)6-1-4-10-5-2-9-15-10/h2,5,9H,1,3-4,6-8H2,(H,13,14). The molecule has 0 bridgehead atoms. The fourth-order valence-corrected chi connectivity index (χ4v) is 2.39. The minimum atomic E-state index is 0.191. The summed E-state index contributed by atoms with van der Waals surface area (Å²) in [4.78, 5) is 12.7. The minimum absolute atomic E-state index is 0.191. The molecule has 0 aromatic carbocycles. The van der Waals surface area contributed by atoms with Crippen LogP contribution in [0.1, 0.15) is 24.1 Å². The number of hydrogen-bond donors (Lipinski definition) is 1. The molecule has 1 heterocycles. The highest BCUT2D eigenvalue weighted by molar-refractivity contribution is 14.1. The number of aryl methyl sites for hydroxylation is 1. The third-order valence-corrected chi connectivity index (χ3v) is 3.74. The van der Waals surface area contributed by atoms with E-state index in [1.54, 1.807) is 11.3 Å². The second-order valence-corrected chi connectivity index (χ2v) is 5.44. The van der Waals surface area contributed by atoms with E-state index in [9.17, 15) is 4.79 Å². The van der Waals surface area contributed by atoms with Gasteiger partial charge in [-0.3, -0.25) is 4.79 Å². The Morgan fingerprint density at radius 1 is 1.47 bits per heavy atom. The second-order valence-electron chi connectivity index (χ2n) is 3.33. The Morgan fingerprint density at radius 2 is 2.33 bits per heavy atom. The summed E-state index contributed by atoms with van der Waals surface area (Å²) in [5, 5.41) is 5.00. The first-order chi connectivity index (χ1) is 7.33. The van der Waals surface area contributed by atoms with E-state index >= 15 is 0 Å². The predicted octanol–water partition coefficient (Wildman–Crippen LogP) is 3.01. The van der Waals surface area contributed by atoms with E-state index in [4.69, 9.17) is 0 Å². The summed E-state index contributed by atoms with van der Waals surface area (Å²) >= 11 is 4.08. The van der Waals surface area contributed by atoms with Crippen LogP contribution in [0.15, 0.2) is 17.5 Å². The molecule has 15 heavy (non-hydrogen) atoms. The van der Waals surface area contributed by atoms with Crippen LogP contribution >= 0.6 is 33.9 Å². The number of amides is 1. The van der Waals surface area contributed by atoms with E-state index in [1.807, 2.05) is 0 Å². The minimum Gasteiger partial charge on any atom is -0.356 e. The Balaban J connectivity index is 2.02. The van der Waals surface area contributed by atoms with Gasteiger partial charge in [0.25, 0.3) is 0 Å². The molecule has 0 aliphatic carbocycles. The predicted molar refractivity (Wildman–Crippen MR) is 73.8 cm³/mol. The van der Waals surface area contributed by atoms with Gasteiger partial charge in [-0.25, -0.2) is 0 Å². The first kappa shape index (κ1) is 13.0. The average molecular weight is 337 g/mol. The molecule has 1 N–H and O–H groups in total. The van der Waals surface area contributed by atoms with Crippen molar-refractivity contribution in [1.29, 1.82) is 0 Å². The number of halogens is 1. The Hall–Kier alpha value is -0.100. The largest absolute Gasteiger partial charge is 0.356 e. The lowest BCUT2D eigenvalue weighted by Gasteiger charge is -2.02. The van der Waals surface area contributed by atoms with Crippen LogP contribution in [0.2, 0.25) is 0 Å². The van der Waals surface area contributed by atoms with Crippen molar-refractivity contribution in [1.82, 2.24) is 5.32 Å². The SMILES string of the molecule is O=C(CCCc1cccs1)NCCCI. The van der Waals surface area contributed by atoms with Gasteiger partial charge in [0.15, 0.2) is 0 Å². The van der Waals surface area contributed by atoms with Crippen molar-refractivity contribution in [3.05, 3.63) is 22.4 Å². The maximum absolute atomic E-state index is 11.3. The average Bonchev–Trinajstić information content (AvgIpc) is 2.71. The highest BCUT2D eigenvalue weighted by atomic mass is 127. The summed E-state index contributed by atoms with van der Waals surface area (Å²) in [6.45, 7) is 0.820. The van der Waals surface area contributed by atoms with Crippen LogP contribution in [0, 0.1) is 0 Å². The zero-order chi connectivity index (χ0) is 10.9. The zero-order valence-electron chi connectivity index (χ0n) is 8.67. The number of alkyl halides is 1. The number of rotatable bonds is 7. The van der Waals surface area contributed by atoms with Crippen LogP contribution < -0.4 is 5.32 Å². The summed E-state index contributed by atoms with van der Waals surface area (Å²) in [5.74, 6) is 0.191. The molecular weight excluding hydrogens is 321 g/mol. The molecule has 0 radical (unpaired) electrons. The van der Waals surface area contributed by atoms with E-state index in [0.29, 0.717) is 6.42 Å².